The Morgan fingerprint density at radius 2 is 1.83 bits per heavy atom. The Kier molecular flexibility index (Phi) is 2.62. The second-order valence-electron chi connectivity index (χ2n) is 3.83. The van der Waals surface area contributed by atoms with E-state index in [1.165, 1.54) is 0 Å². The maximum Gasteiger partial charge on any atom is 0.153 e. The number of hydrogen-bond acceptors (Lipinski definition) is 2. The van der Waals surface area contributed by atoms with Gasteiger partial charge in [-0.25, -0.2) is 4.98 Å². The predicted molar refractivity (Wildman–Crippen MR) is 73.0 cm³/mol. The molecule has 3 nitrogen and oxygen atoms in total. The first kappa shape index (κ1) is 11.0. The van der Waals surface area contributed by atoms with E-state index in [0.29, 0.717) is 11.4 Å². The summed E-state index contributed by atoms with van der Waals surface area (Å²) in [7, 11) is 0. The van der Waals surface area contributed by atoms with Crippen molar-refractivity contribution in [3.63, 3.8) is 0 Å². The van der Waals surface area contributed by atoms with E-state index in [2.05, 4.69) is 27.0 Å². The highest BCUT2D eigenvalue weighted by atomic mass is 79.9. The van der Waals surface area contributed by atoms with Crippen LogP contribution in [0.1, 0.15) is 5.69 Å². The monoisotopic (exact) mass is 297 g/mol. The number of aromatic nitrogens is 2. The molecule has 2 aromatic heterocycles. The quantitative estimate of drug-likeness (QED) is 0.644. The van der Waals surface area contributed by atoms with Gasteiger partial charge in [-0.2, -0.15) is 5.26 Å². The van der Waals surface area contributed by atoms with E-state index < -0.39 is 0 Å². The normalized spacial score (nSPS) is 10.4. The van der Waals surface area contributed by atoms with Crippen LogP contribution < -0.4 is 0 Å². The third kappa shape index (κ3) is 1.60. The molecule has 1 aromatic carbocycles. The van der Waals surface area contributed by atoms with Crippen LogP contribution in [-0.2, 0) is 0 Å². The molecule has 0 atom stereocenters. The number of rotatable bonds is 1. The molecule has 0 aliphatic heterocycles. The largest absolute Gasteiger partial charge is 0.277 e. The van der Waals surface area contributed by atoms with Gasteiger partial charge in [-0.3, -0.25) is 4.40 Å². The number of fused-ring (bicyclic) bond motifs is 1. The smallest absolute Gasteiger partial charge is 0.153 e. The minimum Gasteiger partial charge on any atom is -0.277 e. The lowest BCUT2D eigenvalue weighted by Gasteiger charge is -1.98. The van der Waals surface area contributed by atoms with Gasteiger partial charge in [0.25, 0.3) is 0 Å². The molecule has 0 spiro atoms. The molecule has 0 bridgehead atoms. The van der Waals surface area contributed by atoms with Crippen LogP contribution in [0.3, 0.4) is 0 Å². The van der Waals surface area contributed by atoms with Gasteiger partial charge in [-0.15, -0.1) is 0 Å². The molecule has 0 amide bonds. The Bertz CT molecular complexity index is 754. The zero-order chi connectivity index (χ0) is 12.5. The van der Waals surface area contributed by atoms with Crippen molar-refractivity contribution in [2.45, 2.75) is 0 Å². The Balaban J connectivity index is 2.39. The maximum atomic E-state index is 9.36. The minimum absolute atomic E-state index is 0.545. The maximum absolute atomic E-state index is 9.36. The van der Waals surface area contributed by atoms with Crippen LogP contribution in [0.4, 0.5) is 0 Å². The van der Waals surface area contributed by atoms with E-state index in [-0.39, 0.29) is 0 Å². The summed E-state index contributed by atoms with van der Waals surface area (Å²) < 4.78 is 2.63. The van der Waals surface area contributed by atoms with Crippen molar-refractivity contribution in [1.29, 1.82) is 5.26 Å². The predicted octanol–water partition coefficient (Wildman–Crippen LogP) is 3.64. The summed E-state index contributed by atoms with van der Waals surface area (Å²) in [6.07, 6.45) is 0. The molecule has 3 aromatic rings. The molecular weight excluding hydrogens is 290 g/mol. The van der Waals surface area contributed by atoms with E-state index >= 15 is 0 Å². The van der Waals surface area contributed by atoms with Crippen molar-refractivity contribution >= 4 is 21.6 Å². The van der Waals surface area contributed by atoms with E-state index in [9.17, 15) is 5.26 Å². The van der Waals surface area contributed by atoms with Gasteiger partial charge in [-0.05, 0) is 28.1 Å². The Labute approximate surface area is 112 Å². The Morgan fingerprint density at radius 3 is 2.56 bits per heavy atom. The van der Waals surface area contributed by atoms with E-state index in [1.54, 1.807) is 0 Å². The van der Waals surface area contributed by atoms with Crippen molar-refractivity contribution in [3.8, 4) is 17.3 Å². The number of pyridine rings is 1. The number of nitrogens with zero attached hydrogens (tertiary/aromatic N) is 3. The zero-order valence-electron chi connectivity index (χ0n) is 9.34. The van der Waals surface area contributed by atoms with Gasteiger partial charge < -0.3 is 0 Å². The summed E-state index contributed by atoms with van der Waals surface area (Å²) in [4.78, 5) is 4.53. The lowest BCUT2D eigenvalue weighted by Crippen LogP contribution is -1.90. The Hall–Kier alpha value is -2.12. The second-order valence-corrected chi connectivity index (χ2v) is 4.64. The Morgan fingerprint density at radius 1 is 1.06 bits per heavy atom. The number of imidazole rings is 1. The van der Waals surface area contributed by atoms with Gasteiger partial charge in [0, 0.05) is 5.56 Å². The number of hydrogen-bond donors (Lipinski definition) is 0. The van der Waals surface area contributed by atoms with Crippen LogP contribution in [0.25, 0.3) is 16.9 Å². The standard InChI is InChI=1S/C14H8BrN3/c15-12-7-4-8-13-17-14(11(9-16)18(12)13)10-5-2-1-3-6-10/h1-8H. The van der Waals surface area contributed by atoms with Gasteiger partial charge >= 0.3 is 0 Å². The molecule has 0 aliphatic carbocycles. The SMILES string of the molecule is N#Cc1c(-c2ccccc2)nc2cccc(Br)n12. The highest BCUT2D eigenvalue weighted by molar-refractivity contribution is 9.10. The molecule has 3 rings (SSSR count). The molecule has 0 saturated carbocycles. The molecule has 2 heterocycles. The summed E-state index contributed by atoms with van der Waals surface area (Å²) in [6, 6.07) is 17.6. The van der Waals surface area contributed by atoms with E-state index in [4.69, 9.17) is 0 Å². The van der Waals surface area contributed by atoms with Crippen molar-refractivity contribution in [2.24, 2.45) is 0 Å². The first-order valence-electron chi connectivity index (χ1n) is 5.44. The van der Waals surface area contributed by atoms with Crippen molar-refractivity contribution in [3.05, 3.63) is 58.8 Å². The lowest BCUT2D eigenvalue weighted by atomic mass is 10.1. The van der Waals surface area contributed by atoms with Crippen LogP contribution in [0, 0.1) is 11.3 Å². The summed E-state index contributed by atoms with van der Waals surface area (Å²) in [5, 5.41) is 9.36. The molecule has 0 saturated heterocycles. The first-order chi connectivity index (χ1) is 8.81. The molecule has 0 fully saturated rings. The zero-order valence-corrected chi connectivity index (χ0v) is 10.9. The summed E-state index contributed by atoms with van der Waals surface area (Å²) >= 11 is 3.45. The fourth-order valence-corrected chi connectivity index (χ4v) is 2.47. The molecule has 18 heavy (non-hydrogen) atoms. The van der Waals surface area contributed by atoms with Gasteiger partial charge in [0.15, 0.2) is 5.69 Å². The van der Waals surface area contributed by atoms with Crippen LogP contribution in [0.5, 0.6) is 0 Å². The van der Waals surface area contributed by atoms with Crippen LogP contribution >= 0.6 is 15.9 Å². The number of benzene rings is 1. The van der Waals surface area contributed by atoms with E-state index in [0.717, 1.165) is 15.8 Å². The topological polar surface area (TPSA) is 41.1 Å². The van der Waals surface area contributed by atoms with Crippen molar-refractivity contribution in [1.82, 2.24) is 9.38 Å². The second kappa shape index (κ2) is 4.28. The average Bonchev–Trinajstić information content (AvgIpc) is 2.79. The molecule has 4 heteroatoms. The average molecular weight is 298 g/mol. The third-order valence-corrected chi connectivity index (χ3v) is 3.37. The summed E-state index contributed by atoms with van der Waals surface area (Å²) in [5.41, 5.74) is 2.97. The molecule has 86 valence electrons. The summed E-state index contributed by atoms with van der Waals surface area (Å²) in [6.45, 7) is 0. The van der Waals surface area contributed by atoms with Gasteiger partial charge in [0.1, 0.15) is 17.4 Å². The van der Waals surface area contributed by atoms with Crippen LogP contribution in [0.2, 0.25) is 0 Å². The van der Waals surface area contributed by atoms with E-state index in [1.807, 2.05) is 52.9 Å². The van der Waals surface area contributed by atoms with Gasteiger partial charge in [-0.1, -0.05) is 36.4 Å². The molecule has 0 aliphatic rings. The molecule has 0 N–H and O–H groups in total. The summed E-state index contributed by atoms with van der Waals surface area (Å²) in [5.74, 6) is 0. The van der Waals surface area contributed by atoms with Crippen molar-refractivity contribution < 1.29 is 0 Å². The minimum atomic E-state index is 0.545. The fraction of sp³-hybridized carbons (Fsp3) is 0. The number of nitriles is 1. The lowest BCUT2D eigenvalue weighted by molar-refractivity contribution is 1.11. The highest BCUT2D eigenvalue weighted by Gasteiger charge is 2.14. The van der Waals surface area contributed by atoms with Crippen LogP contribution in [0.15, 0.2) is 53.1 Å². The molecule has 0 radical (unpaired) electrons. The van der Waals surface area contributed by atoms with Crippen LogP contribution in [-0.4, -0.2) is 9.38 Å². The first-order valence-corrected chi connectivity index (χ1v) is 6.23. The molecule has 0 unspecified atom stereocenters. The van der Waals surface area contributed by atoms with Gasteiger partial charge in [0.2, 0.25) is 0 Å². The van der Waals surface area contributed by atoms with Crippen molar-refractivity contribution in [2.75, 3.05) is 0 Å². The fourth-order valence-electron chi connectivity index (χ4n) is 1.95. The number of halogens is 1. The molecular formula is C14H8BrN3. The highest BCUT2D eigenvalue weighted by Crippen LogP contribution is 2.26. The van der Waals surface area contributed by atoms with Gasteiger partial charge in [0.05, 0.1) is 4.60 Å². The third-order valence-electron chi connectivity index (χ3n) is 2.75.